The summed E-state index contributed by atoms with van der Waals surface area (Å²) in [6.45, 7) is 0. The molecule has 2 rings (SSSR count). The molecule has 1 aromatic carbocycles. The molecule has 0 aliphatic carbocycles. The maximum atomic E-state index is 11.4. The maximum Gasteiger partial charge on any atom is 0.338 e. The van der Waals surface area contributed by atoms with Crippen LogP contribution in [0.25, 0.3) is 0 Å². The van der Waals surface area contributed by atoms with E-state index in [-0.39, 0.29) is 0 Å². The number of carbonyl (C=O) groups is 1. The van der Waals surface area contributed by atoms with E-state index in [4.69, 9.17) is 5.73 Å². The fourth-order valence-electron chi connectivity index (χ4n) is 1.46. The zero-order valence-electron chi connectivity index (χ0n) is 9.88. The zero-order chi connectivity index (χ0) is 13.0. The highest BCUT2D eigenvalue weighted by molar-refractivity contribution is 5.90. The Hall–Kier alpha value is -2.56. The van der Waals surface area contributed by atoms with E-state index >= 15 is 0 Å². The number of nitrogens with one attached hydrogen (secondary N) is 1. The monoisotopic (exact) mass is 243 g/mol. The average Bonchev–Trinajstić information content (AvgIpc) is 2.41. The van der Waals surface area contributed by atoms with Crippen molar-refractivity contribution in [1.82, 2.24) is 4.98 Å². The van der Waals surface area contributed by atoms with Crippen LogP contribution in [0, 0.1) is 0 Å². The Morgan fingerprint density at radius 1 is 1.28 bits per heavy atom. The number of ether oxygens (including phenoxy) is 1. The minimum absolute atomic E-state index is 0.391. The third kappa shape index (κ3) is 2.76. The molecule has 5 nitrogen and oxygen atoms in total. The molecule has 0 aliphatic heterocycles. The highest BCUT2D eigenvalue weighted by Crippen LogP contribution is 2.17. The summed E-state index contributed by atoms with van der Waals surface area (Å²) in [7, 11) is 1.34. The lowest BCUT2D eigenvalue weighted by molar-refractivity contribution is 0.0600. The number of nitrogen functional groups attached to an aromatic ring is 1. The third-order valence-corrected chi connectivity index (χ3v) is 2.36. The van der Waals surface area contributed by atoms with Crippen LogP contribution in [0.1, 0.15) is 10.4 Å². The Bertz CT molecular complexity index is 552. The number of methoxy groups -OCH3 is 1. The van der Waals surface area contributed by atoms with E-state index < -0.39 is 5.97 Å². The predicted molar refractivity (Wildman–Crippen MR) is 69.7 cm³/mol. The summed E-state index contributed by atoms with van der Waals surface area (Å²) in [4.78, 5) is 15.5. The number of carbonyl (C=O) groups excluding carboxylic acids is 1. The molecule has 0 aliphatic rings. The largest absolute Gasteiger partial charge is 0.465 e. The SMILES string of the molecule is COC(=O)c1ccnc(Nc2ccc(N)cc2)c1. The molecule has 1 heterocycles. The van der Waals surface area contributed by atoms with E-state index in [1.165, 1.54) is 7.11 Å². The first-order valence-corrected chi connectivity index (χ1v) is 5.36. The number of nitrogens with zero attached hydrogens (tertiary/aromatic N) is 1. The van der Waals surface area contributed by atoms with Gasteiger partial charge >= 0.3 is 5.97 Å². The Morgan fingerprint density at radius 2 is 2.00 bits per heavy atom. The lowest BCUT2D eigenvalue weighted by Crippen LogP contribution is -2.03. The Balaban J connectivity index is 2.19. The fourth-order valence-corrected chi connectivity index (χ4v) is 1.46. The number of hydrogen-bond donors (Lipinski definition) is 2. The molecule has 0 atom stereocenters. The van der Waals surface area contributed by atoms with Crippen LogP contribution in [0.3, 0.4) is 0 Å². The number of pyridine rings is 1. The maximum absolute atomic E-state index is 11.4. The van der Waals surface area contributed by atoms with Crippen LogP contribution in [0.15, 0.2) is 42.6 Å². The van der Waals surface area contributed by atoms with E-state index in [0.29, 0.717) is 17.1 Å². The van der Waals surface area contributed by atoms with E-state index in [0.717, 1.165) is 5.69 Å². The van der Waals surface area contributed by atoms with Crippen LogP contribution >= 0.6 is 0 Å². The first-order chi connectivity index (χ1) is 8.69. The van der Waals surface area contributed by atoms with Crippen LogP contribution in [0.4, 0.5) is 17.2 Å². The van der Waals surface area contributed by atoms with Gasteiger partial charge in [-0.15, -0.1) is 0 Å². The van der Waals surface area contributed by atoms with Crippen molar-refractivity contribution in [2.45, 2.75) is 0 Å². The van der Waals surface area contributed by atoms with Gasteiger partial charge in [0.25, 0.3) is 0 Å². The topological polar surface area (TPSA) is 77.2 Å². The highest BCUT2D eigenvalue weighted by Gasteiger charge is 2.06. The highest BCUT2D eigenvalue weighted by atomic mass is 16.5. The molecular weight excluding hydrogens is 230 g/mol. The Kier molecular flexibility index (Phi) is 3.43. The number of hydrogen-bond acceptors (Lipinski definition) is 5. The molecule has 0 amide bonds. The quantitative estimate of drug-likeness (QED) is 0.638. The third-order valence-electron chi connectivity index (χ3n) is 2.36. The van der Waals surface area contributed by atoms with Gasteiger partial charge in [-0.2, -0.15) is 0 Å². The summed E-state index contributed by atoms with van der Waals surface area (Å²) in [6.07, 6.45) is 1.55. The summed E-state index contributed by atoms with van der Waals surface area (Å²) in [5.74, 6) is 0.181. The summed E-state index contributed by atoms with van der Waals surface area (Å²) in [5, 5.41) is 3.08. The molecule has 0 saturated carbocycles. The summed E-state index contributed by atoms with van der Waals surface area (Å²) < 4.78 is 4.65. The molecule has 0 spiro atoms. The van der Waals surface area contributed by atoms with Gasteiger partial charge in [-0.3, -0.25) is 0 Å². The molecule has 5 heteroatoms. The lowest BCUT2D eigenvalue weighted by Gasteiger charge is -2.06. The number of rotatable bonds is 3. The number of anilines is 3. The van der Waals surface area contributed by atoms with Gasteiger partial charge in [-0.05, 0) is 36.4 Å². The van der Waals surface area contributed by atoms with E-state index in [1.807, 2.05) is 12.1 Å². The second kappa shape index (κ2) is 5.18. The molecule has 0 radical (unpaired) electrons. The number of aromatic nitrogens is 1. The van der Waals surface area contributed by atoms with Crippen molar-refractivity contribution >= 4 is 23.2 Å². The zero-order valence-corrected chi connectivity index (χ0v) is 9.88. The molecule has 18 heavy (non-hydrogen) atoms. The first-order valence-electron chi connectivity index (χ1n) is 5.36. The first kappa shape index (κ1) is 11.9. The number of benzene rings is 1. The van der Waals surface area contributed by atoms with E-state index in [9.17, 15) is 4.79 Å². The van der Waals surface area contributed by atoms with Crippen LogP contribution in [-0.2, 0) is 4.74 Å². The summed E-state index contributed by atoms with van der Waals surface area (Å²) >= 11 is 0. The fraction of sp³-hybridized carbons (Fsp3) is 0.0769. The second-order valence-electron chi connectivity index (χ2n) is 3.67. The normalized spacial score (nSPS) is 9.83. The molecule has 92 valence electrons. The molecule has 0 bridgehead atoms. The van der Waals surface area contributed by atoms with Crippen molar-refractivity contribution in [2.75, 3.05) is 18.2 Å². The van der Waals surface area contributed by atoms with Crippen molar-refractivity contribution in [2.24, 2.45) is 0 Å². The van der Waals surface area contributed by atoms with Crippen molar-refractivity contribution in [3.63, 3.8) is 0 Å². The predicted octanol–water partition coefficient (Wildman–Crippen LogP) is 2.19. The molecule has 2 aromatic rings. The Labute approximate surface area is 105 Å². The van der Waals surface area contributed by atoms with Crippen molar-refractivity contribution < 1.29 is 9.53 Å². The van der Waals surface area contributed by atoms with Gasteiger partial charge < -0.3 is 15.8 Å². The molecular formula is C13H13N3O2. The standard InChI is InChI=1S/C13H13N3O2/c1-18-13(17)9-6-7-15-12(8-9)16-11-4-2-10(14)3-5-11/h2-8H,14H2,1H3,(H,15,16). The summed E-state index contributed by atoms with van der Waals surface area (Å²) in [5.41, 5.74) is 7.58. The number of nitrogens with two attached hydrogens (primary N) is 1. The molecule has 0 unspecified atom stereocenters. The van der Waals surface area contributed by atoms with Gasteiger partial charge in [-0.25, -0.2) is 9.78 Å². The number of esters is 1. The van der Waals surface area contributed by atoms with Crippen molar-refractivity contribution in [3.05, 3.63) is 48.2 Å². The second-order valence-corrected chi connectivity index (χ2v) is 3.67. The van der Waals surface area contributed by atoms with Crippen LogP contribution in [0.2, 0.25) is 0 Å². The smallest absolute Gasteiger partial charge is 0.338 e. The van der Waals surface area contributed by atoms with Crippen LogP contribution < -0.4 is 11.1 Å². The van der Waals surface area contributed by atoms with Gasteiger partial charge in [0.2, 0.25) is 0 Å². The molecule has 0 saturated heterocycles. The summed E-state index contributed by atoms with van der Waals surface area (Å²) in [6, 6.07) is 10.5. The molecule has 3 N–H and O–H groups in total. The Morgan fingerprint density at radius 3 is 2.67 bits per heavy atom. The van der Waals surface area contributed by atoms with Gasteiger partial charge in [0, 0.05) is 17.6 Å². The van der Waals surface area contributed by atoms with E-state index in [1.54, 1.807) is 30.5 Å². The van der Waals surface area contributed by atoms with Gasteiger partial charge in [0.15, 0.2) is 0 Å². The van der Waals surface area contributed by atoms with Crippen LogP contribution in [0.5, 0.6) is 0 Å². The average molecular weight is 243 g/mol. The van der Waals surface area contributed by atoms with Gasteiger partial charge in [0.05, 0.1) is 12.7 Å². The molecule has 0 fully saturated rings. The van der Waals surface area contributed by atoms with Gasteiger partial charge in [0.1, 0.15) is 5.82 Å². The van der Waals surface area contributed by atoms with Crippen LogP contribution in [-0.4, -0.2) is 18.1 Å². The minimum Gasteiger partial charge on any atom is -0.465 e. The minimum atomic E-state index is -0.391. The van der Waals surface area contributed by atoms with Crippen molar-refractivity contribution in [1.29, 1.82) is 0 Å². The molecule has 1 aromatic heterocycles. The van der Waals surface area contributed by atoms with Gasteiger partial charge in [-0.1, -0.05) is 0 Å². The van der Waals surface area contributed by atoms with E-state index in [2.05, 4.69) is 15.0 Å². The lowest BCUT2D eigenvalue weighted by atomic mass is 10.2. The van der Waals surface area contributed by atoms with Crippen molar-refractivity contribution in [3.8, 4) is 0 Å².